The molecule has 0 aromatic heterocycles. The van der Waals surface area contributed by atoms with Crippen LogP contribution in [0.15, 0.2) is 42.5 Å². The van der Waals surface area contributed by atoms with E-state index in [4.69, 9.17) is 9.47 Å². The molecule has 0 radical (unpaired) electrons. The minimum Gasteiger partial charge on any atom is -0.490 e. The lowest BCUT2D eigenvalue weighted by Gasteiger charge is -2.17. The largest absolute Gasteiger partial charge is 0.490 e. The average Bonchev–Trinajstić information content (AvgIpc) is 2.93. The number of urea groups is 1. The fourth-order valence-corrected chi connectivity index (χ4v) is 2.95. The summed E-state index contributed by atoms with van der Waals surface area (Å²) in [6, 6.07) is 8.25. The molecule has 0 N–H and O–H groups in total. The van der Waals surface area contributed by atoms with Crippen LogP contribution in [0.25, 0.3) is 0 Å². The van der Waals surface area contributed by atoms with Gasteiger partial charge >= 0.3 is 17.8 Å². The lowest BCUT2D eigenvalue weighted by Crippen LogP contribution is -2.37. The Morgan fingerprint density at radius 2 is 1.63 bits per heavy atom. The molecular formula is C21H19FN2O6. The van der Waals surface area contributed by atoms with Crippen molar-refractivity contribution in [3.8, 4) is 11.5 Å². The molecule has 0 atom stereocenters. The lowest BCUT2D eigenvalue weighted by molar-refractivity contribution is -0.139. The van der Waals surface area contributed by atoms with E-state index in [0.29, 0.717) is 34.5 Å². The third-order valence-corrected chi connectivity index (χ3v) is 4.29. The van der Waals surface area contributed by atoms with Gasteiger partial charge in [-0.15, -0.1) is 0 Å². The van der Waals surface area contributed by atoms with Crippen LogP contribution in [0.1, 0.15) is 24.2 Å². The summed E-state index contributed by atoms with van der Waals surface area (Å²) in [4.78, 5) is 51.1. The second-order valence-electron chi connectivity index (χ2n) is 6.25. The maximum atomic E-state index is 13.3. The molecule has 1 saturated heterocycles. The smallest absolute Gasteiger partial charge is 0.339 e. The summed E-state index contributed by atoms with van der Waals surface area (Å²) >= 11 is 0. The number of halogens is 1. The molecule has 0 spiro atoms. The normalized spacial score (nSPS) is 13.8. The Labute approximate surface area is 171 Å². The molecule has 0 unspecified atom stereocenters. The fourth-order valence-electron chi connectivity index (χ4n) is 2.95. The summed E-state index contributed by atoms with van der Waals surface area (Å²) in [6.07, 6.45) is 0. The van der Waals surface area contributed by atoms with Crippen molar-refractivity contribution < 1.29 is 33.0 Å². The van der Waals surface area contributed by atoms with Crippen LogP contribution in [-0.4, -0.2) is 48.3 Å². The monoisotopic (exact) mass is 414 g/mol. The zero-order chi connectivity index (χ0) is 21.8. The van der Waals surface area contributed by atoms with Gasteiger partial charge < -0.3 is 9.47 Å². The Balaban J connectivity index is 1.87. The van der Waals surface area contributed by atoms with Crippen molar-refractivity contribution in [3.63, 3.8) is 0 Å². The highest BCUT2D eigenvalue weighted by Crippen LogP contribution is 2.34. The topological polar surface area (TPSA) is 93.2 Å². The van der Waals surface area contributed by atoms with E-state index in [0.717, 1.165) is 12.1 Å². The van der Waals surface area contributed by atoms with Crippen LogP contribution in [0.4, 0.5) is 14.9 Å². The number of anilines is 1. The van der Waals surface area contributed by atoms with Crippen molar-refractivity contribution in [1.29, 1.82) is 0 Å². The van der Waals surface area contributed by atoms with Crippen LogP contribution in [0.5, 0.6) is 11.5 Å². The Kier molecular flexibility index (Phi) is 6.10. The first kappa shape index (κ1) is 21.0. The number of carbonyl (C=O) groups is 4. The second-order valence-corrected chi connectivity index (χ2v) is 6.25. The summed E-state index contributed by atoms with van der Waals surface area (Å²) in [5.74, 6) is -2.82. The third-order valence-electron chi connectivity index (χ3n) is 4.29. The SMILES string of the molecule is CCOc1ccc(N2C(=O)C(=O)N(CC(=O)c3cccc(F)c3)C2=O)cc1OCC. The van der Waals surface area contributed by atoms with Gasteiger partial charge in [-0.3, -0.25) is 14.4 Å². The summed E-state index contributed by atoms with van der Waals surface area (Å²) in [7, 11) is 0. The zero-order valence-electron chi connectivity index (χ0n) is 16.4. The predicted molar refractivity (Wildman–Crippen MR) is 104 cm³/mol. The van der Waals surface area contributed by atoms with Crippen molar-refractivity contribution in [2.45, 2.75) is 13.8 Å². The standard InChI is InChI=1S/C21H19FN2O6/c1-3-29-17-9-8-15(11-18(17)30-4-2)24-20(27)19(26)23(21(24)28)12-16(25)13-6-5-7-14(22)10-13/h5-11H,3-4,12H2,1-2H3. The molecule has 3 rings (SSSR count). The van der Waals surface area contributed by atoms with Gasteiger partial charge in [-0.1, -0.05) is 12.1 Å². The van der Waals surface area contributed by atoms with Crippen molar-refractivity contribution in [3.05, 3.63) is 53.8 Å². The van der Waals surface area contributed by atoms with Crippen molar-refractivity contribution in [1.82, 2.24) is 4.90 Å². The van der Waals surface area contributed by atoms with Crippen LogP contribution >= 0.6 is 0 Å². The number of imide groups is 2. The van der Waals surface area contributed by atoms with Gasteiger partial charge in [-0.2, -0.15) is 0 Å². The first-order valence-electron chi connectivity index (χ1n) is 9.25. The number of hydrogen-bond donors (Lipinski definition) is 0. The van der Waals surface area contributed by atoms with Gasteiger partial charge in [0.15, 0.2) is 17.3 Å². The molecule has 4 amide bonds. The molecular weight excluding hydrogens is 395 g/mol. The molecule has 30 heavy (non-hydrogen) atoms. The maximum absolute atomic E-state index is 13.3. The number of nitrogens with zero attached hydrogens (tertiary/aromatic N) is 2. The molecule has 1 aliphatic rings. The maximum Gasteiger partial charge on any atom is 0.339 e. The molecule has 2 aromatic carbocycles. The Hall–Kier alpha value is -3.75. The summed E-state index contributed by atoms with van der Waals surface area (Å²) in [5.41, 5.74) is 0.0900. The number of ether oxygens (including phenoxy) is 2. The molecule has 1 heterocycles. The number of ketones is 1. The van der Waals surface area contributed by atoms with Gasteiger partial charge in [0.1, 0.15) is 5.82 Å². The highest BCUT2D eigenvalue weighted by Gasteiger charge is 2.46. The summed E-state index contributed by atoms with van der Waals surface area (Å²) in [6.45, 7) is 3.58. The molecule has 0 saturated carbocycles. The third kappa shape index (κ3) is 4.00. The van der Waals surface area contributed by atoms with Crippen molar-refractivity contribution >= 4 is 29.3 Å². The first-order chi connectivity index (χ1) is 14.4. The molecule has 1 fully saturated rings. The quantitative estimate of drug-likeness (QED) is 0.375. The number of hydrogen-bond acceptors (Lipinski definition) is 6. The van der Waals surface area contributed by atoms with Gasteiger partial charge in [0.25, 0.3) is 0 Å². The van der Waals surface area contributed by atoms with E-state index in [2.05, 4.69) is 0 Å². The van der Waals surface area contributed by atoms with Crippen molar-refractivity contribution in [2.75, 3.05) is 24.7 Å². The van der Waals surface area contributed by atoms with Crippen molar-refractivity contribution in [2.24, 2.45) is 0 Å². The molecule has 8 nitrogen and oxygen atoms in total. The van der Waals surface area contributed by atoms with Crippen LogP contribution in [0.2, 0.25) is 0 Å². The fraction of sp³-hybridized carbons (Fsp3) is 0.238. The van der Waals surface area contributed by atoms with Gasteiger partial charge in [0.2, 0.25) is 0 Å². The number of rotatable bonds is 8. The van der Waals surface area contributed by atoms with Crippen LogP contribution in [0.3, 0.4) is 0 Å². The predicted octanol–water partition coefficient (Wildman–Crippen LogP) is 2.80. The van der Waals surface area contributed by atoms with E-state index in [-0.39, 0.29) is 11.3 Å². The summed E-state index contributed by atoms with van der Waals surface area (Å²) < 4.78 is 24.3. The number of benzene rings is 2. The highest BCUT2D eigenvalue weighted by molar-refractivity contribution is 6.53. The van der Waals surface area contributed by atoms with E-state index < -0.39 is 36.0 Å². The molecule has 156 valence electrons. The van der Waals surface area contributed by atoms with E-state index in [1.54, 1.807) is 13.8 Å². The van der Waals surface area contributed by atoms with E-state index in [9.17, 15) is 23.6 Å². The molecule has 2 aromatic rings. The molecule has 0 aliphatic carbocycles. The van der Waals surface area contributed by atoms with Crippen LogP contribution in [0, 0.1) is 5.82 Å². The lowest BCUT2D eigenvalue weighted by atomic mass is 10.1. The minimum atomic E-state index is -1.14. The second kappa shape index (κ2) is 8.73. The first-order valence-corrected chi connectivity index (χ1v) is 9.25. The molecule has 0 bridgehead atoms. The van der Waals surface area contributed by atoms with E-state index in [1.165, 1.54) is 30.3 Å². The van der Waals surface area contributed by atoms with Gasteiger partial charge in [-0.05, 0) is 38.1 Å². The Morgan fingerprint density at radius 3 is 2.30 bits per heavy atom. The number of amides is 4. The molecule has 1 aliphatic heterocycles. The van der Waals surface area contributed by atoms with Crippen LogP contribution < -0.4 is 14.4 Å². The number of carbonyl (C=O) groups excluding carboxylic acids is 4. The van der Waals surface area contributed by atoms with Gasteiger partial charge in [0, 0.05) is 11.6 Å². The van der Waals surface area contributed by atoms with Crippen LogP contribution in [-0.2, 0) is 9.59 Å². The van der Waals surface area contributed by atoms with Gasteiger partial charge in [0.05, 0.1) is 25.4 Å². The van der Waals surface area contributed by atoms with E-state index >= 15 is 0 Å². The zero-order valence-corrected chi connectivity index (χ0v) is 16.4. The summed E-state index contributed by atoms with van der Waals surface area (Å²) in [5, 5.41) is 0. The van der Waals surface area contributed by atoms with E-state index in [1.807, 2.05) is 0 Å². The Bertz CT molecular complexity index is 1020. The Morgan fingerprint density at radius 1 is 0.933 bits per heavy atom. The number of Topliss-reactive ketones (excluding diaryl/α,β-unsaturated/α-hetero) is 1. The van der Waals surface area contributed by atoms with Gasteiger partial charge in [-0.25, -0.2) is 19.0 Å². The molecule has 9 heteroatoms. The highest BCUT2D eigenvalue weighted by atomic mass is 19.1. The minimum absolute atomic E-state index is 0.0128. The average molecular weight is 414 g/mol.